The first kappa shape index (κ1) is 56.5. The first-order chi connectivity index (χ1) is 38.2. The van der Waals surface area contributed by atoms with E-state index in [0.717, 1.165) is 101 Å². The molecule has 0 aliphatic rings. The van der Waals surface area contributed by atoms with Crippen molar-refractivity contribution in [3.05, 3.63) is 248 Å². The summed E-state index contributed by atoms with van der Waals surface area (Å²) in [5.41, 5.74) is 16.1. The Morgan fingerprint density at radius 2 is 0.912 bits per heavy atom. The maximum atomic E-state index is 15.8. The van der Waals surface area contributed by atoms with Gasteiger partial charge in [-0.3, -0.25) is 0 Å². The molecule has 0 heterocycles. The van der Waals surface area contributed by atoms with Gasteiger partial charge in [0.1, 0.15) is 64.8 Å². The first-order valence-corrected chi connectivity index (χ1v) is 29.0. The number of rotatable bonds is 19. The van der Waals surface area contributed by atoms with E-state index in [4.69, 9.17) is 23.7 Å². The predicted octanol–water partition coefficient (Wildman–Crippen LogP) is 17.6. The number of aryl methyl sites for hydroxylation is 6. The summed E-state index contributed by atoms with van der Waals surface area (Å²) >= 11 is 0. The van der Waals surface area contributed by atoms with Crippen molar-refractivity contribution in [1.29, 1.82) is 0 Å². The molecule has 9 rings (SSSR count). The molecule has 0 spiro atoms. The minimum absolute atomic E-state index is 0.272. The lowest BCUT2D eigenvalue weighted by atomic mass is 9.88. The molecule has 1 N–H and O–H groups in total. The highest BCUT2D eigenvalue weighted by Gasteiger charge is 2.34. The van der Waals surface area contributed by atoms with Gasteiger partial charge in [0.05, 0.1) is 5.30 Å². The summed E-state index contributed by atoms with van der Waals surface area (Å²) in [7, 11) is -3.43. The van der Waals surface area contributed by atoms with E-state index in [1.165, 1.54) is 11.1 Å². The monoisotopic (exact) mass is 1080 g/mol. The van der Waals surface area contributed by atoms with Crippen LogP contribution in [-0.4, -0.2) is 10.7 Å². The number of phenolic OH excluding ortho intramolecular Hbond substituents is 1. The van der Waals surface area contributed by atoms with Gasteiger partial charge in [0, 0.05) is 17.0 Å². The Bertz CT molecular complexity index is 3690. The van der Waals surface area contributed by atoms with E-state index in [0.29, 0.717) is 51.9 Å². The zero-order valence-corrected chi connectivity index (χ0v) is 49.2. The van der Waals surface area contributed by atoms with E-state index in [2.05, 4.69) is 124 Å². The molecule has 0 bridgehead atoms. The average molecular weight is 1080 g/mol. The smallest absolute Gasteiger partial charge is 0.174 e. The summed E-state index contributed by atoms with van der Waals surface area (Å²) in [6.45, 7) is 29.4. The van der Waals surface area contributed by atoms with Gasteiger partial charge in [-0.25, -0.2) is 0 Å². The average Bonchev–Trinajstić information content (AvgIpc) is 3.46. The van der Waals surface area contributed by atoms with Crippen LogP contribution in [0.3, 0.4) is 0 Å². The summed E-state index contributed by atoms with van der Waals surface area (Å²) in [5, 5.41) is 12.3. The van der Waals surface area contributed by atoms with Crippen LogP contribution in [0.5, 0.6) is 46.0 Å². The highest BCUT2D eigenvalue weighted by atomic mass is 31.2. The molecule has 9 aromatic carbocycles. The van der Waals surface area contributed by atoms with Gasteiger partial charge in [-0.2, -0.15) is 0 Å². The van der Waals surface area contributed by atoms with Crippen molar-refractivity contribution in [1.82, 2.24) is 0 Å². The first-order valence-electron chi connectivity index (χ1n) is 27.3. The molecule has 0 aromatic heterocycles. The Morgan fingerprint density at radius 3 is 1.40 bits per heavy atom. The van der Waals surface area contributed by atoms with E-state index in [-0.39, 0.29) is 6.61 Å². The van der Waals surface area contributed by atoms with Crippen LogP contribution in [0.2, 0.25) is 0 Å². The molecule has 0 saturated heterocycles. The van der Waals surface area contributed by atoms with Crippen LogP contribution in [0.1, 0.15) is 91.7 Å². The SMILES string of the molecule is C=Cc1ccc(COc2ccc(OCc3ccc(CC(C)(C)Oc4c(C)cc(Oc5c(C)cc(-c6cc(C)c(Oc7cc(C)c(O)c(C)c7)c(C)c6C)c(C)c5C)cc4C)cc3)c(P(=O)(c3ccccc3)c3ccccc3)c2)cc1. The number of hydrogen-bond donors (Lipinski definition) is 1. The molecule has 0 radical (unpaired) electrons. The molecule has 0 unspecified atom stereocenters. The normalized spacial score (nSPS) is 11.6. The van der Waals surface area contributed by atoms with Gasteiger partial charge in [0.15, 0.2) is 7.14 Å². The molecule has 9 aromatic rings. The van der Waals surface area contributed by atoms with E-state index in [9.17, 15) is 5.11 Å². The summed E-state index contributed by atoms with van der Waals surface area (Å²) in [6.07, 6.45) is 2.49. The van der Waals surface area contributed by atoms with Gasteiger partial charge in [-0.05, 0) is 227 Å². The minimum atomic E-state index is -3.43. The molecule has 0 saturated carbocycles. The number of hydrogen-bond acceptors (Lipinski definition) is 7. The van der Waals surface area contributed by atoms with Crippen molar-refractivity contribution in [2.45, 2.75) is 108 Å². The second kappa shape index (κ2) is 23.6. The van der Waals surface area contributed by atoms with Gasteiger partial charge in [-0.1, -0.05) is 122 Å². The van der Waals surface area contributed by atoms with Gasteiger partial charge in [0.25, 0.3) is 0 Å². The Labute approximate surface area is 473 Å². The lowest BCUT2D eigenvalue weighted by molar-refractivity contribution is 0.108. The van der Waals surface area contributed by atoms with Crippen LogP contribution in [0.4, 0.5) is 0 Å². The standard InChI is InChI=1S/C72H73O7P/c1-14-55-25-29-57(30-26-55)43-75-59-33-34-66(67(41-59)80(74,62-21-17-15-18-22-62)63-23-19-16-20-24-63)76-44-58-31-27-56(28-32-58)42-72(12,13)79-69-47(4)37-61(38-48(69)5)78-71-50(7)40-65(52(9)54(71)11)64-39-49(6)70(53(10)51(64)8)77-60-35-45(2)68(73)46(3)36-60/h14-41,73H,1,42-44H2,2-13H3. The second-order valence-corrected chi connectivity index (χ2v) is 24.7. The molecule has 8 heteroatoms. The highest BCUT2D eigenvalue weighted by molar-refractivity contribution is 7.85. The van der Waals surface area contributed by atoms with Crippen molar-refractivity contribution >= 4 is 29.1 Å². The highest BCUT2D eigenvalue weighted by Crippen LogP contribution is 2.47. The van der Waals surface area contributed by atoms with Gasteiger partial charge in [-0.15, -0.1) is 0 Å². The third-order valence-corrected chi connectivity index (χ3v) is 18.3. The van der Waals surface area contributed by atoms with E-state index < -0.39 is 12.7 Å². The molecular formula is C72H73O7P. The van der Waals surface area contributed by atoms with Crippen LogP contribution in [0.25, 0.3) is 17.2 Å². The van der Waals surface area contributed by atoms with Crippen LogP contribution >= 0.6 is 7.14 Å². The summed E-state index contributed by atoms with van der Waals surface area (Å²) < 4.78 is 48.9. The Hall–Kier alpha value is -8.25. The Balaban J connectivity index is 0.884. The van der Waals surface area contributed by atoms with Crippen molar-refractivity contribution in [3.8, 4) is 57.1 Å². The molecule has 0 amide bonds. The molecule has 0 atom stereocenters. The van der Waals surface area contributed by atoms with E-state index in [1.807, 2.05) is 135 Å². The quantitative estimate of drug-likeness (QED) is 0.0808. The third-order valence-electron chi connectivity index (χ3n) is 15.2. The second-order valence-electron chi connectivity index (χ2n) is 21.9. The maximum Gasteiger partial charge on any atom is 0.174 e. The predicted molar refractivity (Wildman–Crippen MR) is 330 cm³/mol. The molecule has 80 heavy (non-hydrogen) atoms. The number of benzene rings is 9. The zero-order valence-electron chi connectivity index (χ0n) is 48.3. The van der Waals surface area contributed by atoms with Gasteiger partial charge in [0.2, 0.25) is 0 Å². The third kappa shape index (κ3) is 12.1. The molecule has 0 aliphatic heterocycles. The molecular weight excluding hydrogens is 1010 g/mol. The fraction of sp³-hybridized carbons (Fsp3) is 0.222. The van der Waals surface area contributed by atoms with Crippen LogP contribution in [-0.2, 0) is 24.2 Å². The number of aromatic hydroxyl groups is 1. The van der Waals surface area contributed by atoms with E-state index >= 15 is 4.57 Å². The van der Waals surface area contributed by atoms with Crippen LogP contribution < -0.4 is 39.6 Å². The van der Waals surface area contributed by atoms with Crippen molar-refractivity contribution in [2.24, 2.45) is 0 Å². The Morgan fingerprint density at radius 1 is 0.475 bits per heavy atom. The summed E-state index contributed by atoms with van der Waals surface area (Å²) in [6, 6.07) is 53.8. The number of phenols is 1. The lowest BCUT2D eigenvalue weighted by Gasteiger charge is -2.29. The molecule has 7 nitrogen and oxygen atoms in total. The molecule has 0 aliphatic carbocycles. The largest absolute Gasteiger partial charge is 0.507 e. The van der Waals surface area contributed by atoms with Crippen LogP contribution in [0, 0.1) is 69.2 Å². The lowest BCUT2D eigenvalue weighted by Crippen LogP contribution is -2.31. The van der Waals surface area contributed by atoms with Crippen LogP contribution in [0.15, 0.2) is 170 Å². The van der Waals surface area contributed by atoms with Crippen molar-refractivity contribution in [3.63, 3.8) is 0 Å². The van der Waals surface area contributed by atoms with E-state index in [1.54, 1.807) is 0 Å². The minimum Gasteiger partial charge on any atom is -0.507 e. The Kier molecular flexibility index (Phi) is 16.7. The fourth-order valence-electron chi connectivity index (χ4n) is 10.6. The summed E-state index contributed by atoms with van der Waals surface area (Å²) in [5.74, 6) is 5.43. The van der Waals surface area contributed by atoms with Gasteiger partial charge >= 0.3 is 0 Å². The summed E-state index contributed by atoms with van der Waals surface area (Å²) in [4.78, 5) is 0. The molecule has 0 fully saturated rings. The number of ether oxygens (including phenoxy) is 5. The zero-order chi connectivity index (χ0) is 57.0. The van der Waals surface area contributed by atoms with Crippen molar-refractivity contribution < 1.29 is 33.4 Å². The van der Waals surface area contributed by atoms with Crippen molar-refractivity contribution in [2.75, 3.05) is 0 Å². The topological polar surface area (TPSA) is 83.5 Å². The molecule has 408 valence electrons. The van der Waals surface area contributed by atoms with Gasteiger partial charge < -0.3 is 33.4 Å². The fourth-order valence-corrected chi connectivity index (χ4v) is 13.4. The maximum absolute atomic E-state index is 15.8.